The Labute approximate surface area is 120 Å². The number of phenols is 1. The van der Waals surface area contributed by atoms with Gasteiger partial charge in [-0.3, -0.25) is 0 Å². The number of sulfonamides is 1. The Morgan fingerprint density at radius 1 is 1.30 bits per heavy atom. The molecule has 1 heterocycles. The van der Waals surface area contributed by atoms with Gasteiger partial charge in [0.05, 0.1) is 11.3 Å². The van der Waals surface area contributed by atoms with Gasteiger partial charge in [0.1, 0.15) is 5.75 Å². The molecule has 0 bridgehead atoms. The minimum atomic E-state index is -3.38. The lowest BCUT2D eigenvalue weighted by Crippen LogP contribution is -2.40. The van der Waals surface area contributed by atoms with Gasteiger partial charge in [-0.2, -0.15) is 4.31 Å². The summed E-state index contributed by atoms with van der Waals surface area (Å²) in [6, 6.07) is 6.43. The summed E-state index contributed by atoms with van der Waals surface area (Å²) in [7, 11) is -1.81. The molecule has 1 saturated heterocycles. The van der Waals surface area contributed by atoms with Crippen molar-refractivity contribution in [2.45, 2.75) is 31.1 Å². The maximum Gasteiger partial charge on any atom is 0.217 e. The molecule has 6 heteroatoms. The van der Waals surface area contributed by atoms with Crippen LogP contribution in [-0.4, -0.2) is 43.3 Å². The van der Waals surface area contributed by atoms with Crippen LogP contribution in [0.5, 0.6) is 5.75 Å². The number of hydrogen-bond donors (Lipinski definition) is 1. The minimum absolute atomic E-state index is 0.119. The number of benzene rings is 1. The van der Waals surface area contributed by atoms with Gasteiger partial charge in [-0.1, -0.05) is 18.2 Å². The highest BCUT2D eigenvalue weighted by Crippen LogP contribution is 2.31. The molecular formula is C14H21NO4S. The Hall–Kier alpha value is -1.11. The van der Waals surface area contributed by atoms with E-state index in [0.717, 1.165) is 0 Å². The first kappa shape index (κ1) is 15.3. The van der Waals surface area contributed by atoms with E-state index in [9.17, 15) is 13.5 Å². The van der Waals surface area contributed by atoms with E-state index < -0.39 is 21.3 Å². The fraction of sp³-hybridized carbons (Fsp3) is 0.571. The van der Waals surface area contributed by atoms with Gasteiger partial charge < -0.3 is 9.84 Å². The fourth-order valence-corrected chi connectivity index (χ4v) is 4.28. The predicted octanol–water partition coefficient (Wildman–Crippen LogP) is 1.89. The van der Waals surface area contributed by atoms with E-state index in [-0.39, 0.29) is 5.75 Å². The van der Waals surface area contributed by atoms with Crippen LogP contribution in [0.3, 0.4) is 0 Å². The third kappa shape index (κ3) is 2.97. The molecule has 0 amide bonds. The molecule has 1 aromatic rings. The summed E-state index contributed by atoms with van der Waals surface area (Å²) in [5.41, 5.74) is 0.616. The molecule has 2 rings (SSSR count). The van der Waals surface area contributed by atoms with E-state index in [1.807, 2.05) is 0 Å². The zero-order valence-electron chi connectivity index (χ0n) is 11.8. The van der Waals surface area contributed by atoms with Gasteiger partial charge in [0.2, 0.25) is 10.0 Å². The van der Waals surface area contributed by atoms with E-state index >= 15 is 0 Å². The molecule has 0 radical (unpaired) electrons. The van der Waals surface area contributed by atoms with Crippen molar-refractivity contribution in [3.05, 3.63) is 29.8 Å². The third-order valence-electron chi connectivity index (χ3n) is 3.92. The van der Waals surface area contributed by atoms with Crippen LogP contribution >= 0.6 is 0 Å². The Kier molecular flexibility index (Phi) is 4.67. The van der Waals surface area contributed by atoms with Gasteiger partial charge in [-0.05, 0) is 25.8 Å². The lowest BCUT2D eigenvalue weighted by atomic mass is 10.1. The zero-order valence-corrected chi connectivity index (χ0v) is 12.6. The van der Waals surface area contributed by atoms with Crippen LogP contribution in [0.4, 0.5) is 0 Å². The maximum atomic E-state index is 12.6. The summed E-state index contributed by atoms with van der Waals surface area (Å²) in [5, 5.41) is 9.47. The highest BCUT2D eigenvalue weighted by molar-refractivity contribution is 7.89. The van der Waals surface area contributed by atoms with Crippen molar-refractivity contribution in [1.29, 1.82) is 0 Å². The van der Waals surface area contributed by atoms with Crippen molar-refractivity contribution in [3.63, 3.8) is 0 Å². The molecule has 0 aromatic heterocycles. The molecule has 1 unspecified atom stereocenters. The summed E-state index contributed by atoms with van der Waals surface area (Å²) < 4.78 is 31.8. The van der Waals surface area contributed by atoms with Gasteiger partial charge in [0.25, 0.3) is 0 Å². The van der Waals surface area contributed by atoms with Crippen LogP contribution in [0, 0.1) is 0 Å². The van der Waals surface area contributed by atoms with Crippen LogP contribution in [-0.2, 0) is 14.8 Å². The Morgan fingerprint density at radius 2 is 1.90 bits per heavy atom. The molecule has 112 valence electrons. The molecule has 0 spiro atoms. The number of nitrogens with zero attached hydrogens (tertiary/aromatic N) is 1. The van der Waals surface area contributed by atoms with Crippen molar-refractivity contribution in [2.24, 2.45) is 0 Å². The molecule has 1 N–H and O–H groups in total. The largest absolute Gasteiger partial charge is 0.508 e. The smallest absolute Gasteiger partial charge is 0.217 e. The van der Waals surface area contributed by atoms with E-state index in [2.05, 4.69) is 0 Å². The second-order valence-electron chi connectivity index (χ2n) is 5.11. The van der Waals surface area contributed by atoms with E-state index in [0.29, 0.717) is 31.6 Å². The second-order valence-corrected chi connectivity index (χ2v) is 7.38. The molecule has 1 aliphatic heterocycles. The molecule has 1 aromatic carbocycles. The highest BCUT2D eigenvalue weighted by Gasteiger charge is 2.34. The van der Waals surface area contributed by atoms with Crippen LogP contribution in [0.25, 0.3) is 0 Å². The lowest BCUT2D eigenvalue weighted by molar-refractivity contribution is 0.0971. The predicted molar refractivity (Wildman–Crippen MR) is 77.0 cm³/mol. The number of hydrogen-bond acceptors (Lipinski definition) is 4. The summed E-state index contributed by atoms with van der Waals surface area (Å²) in [5.74, 6) is 0.119. The number of phenolic OH excluding ortho intramolecular Hbond substituents is 1. The summed E-state index contributed by atoms with van der Waals surface area (Å²) in [6.45, 7) is 2.76. The van der Waals surface area contributed by atoms with Gasteiger partial charge in [0, 0.05) is 25.8 Å². The Balaban J connectivity index is 2.21. The Morgan fingerprint density at radius 3 is 2.50 bits per heavy atom. The van der Waals surface area contributed by atoms with Crippen molar-refractivity contribution >= 4 is 10.0 Å². The molecule has 1 fully saturated rings. The quantitative estimate of drug-likeness (QED) is 0.922. The first-order valence-corrected chi connectivity index (χ1v) is 8.27. The van der Waals surface area contributed by atoms with Crippen LogP contribution in [0.2, 0.25) is 0 Å². The van der Waals surface area contributed by atoms with Crippen LogP contribution < -0.4 is 0 Å². The van der Waals surface area contributed by atoms with Gasteiger partial charge in [0.15, 0.2) is 0 Å². The first-order chi connectivity index (χ1) is 9.44. The zero-order chi connectivity index (χ0) is 14.8. The van der Waals surface area contributed by atoms with Crippen LogP contribution in [0.15, 0.2) is 24.3 Å². The van der Waals surface area contributed by atoms with Gasteiger partial charge in [-0.25, -0.2) is 8.42 Å². The molecule has 1 atom stereocenters. The minimum Gasteiger partial charge on any atom is -0.508 e. The normalized spacial score (nSPS) is 19.1. The number of ether oxygens (including phenoxy) is 1. The van der Waals surface area contributed by atoms with Crippen LogP contribution in [0.1, 0.15) is 31.4 Å². The Bertz CT molecular complexity index is 552. The summed E-state index contributed by atoms with van der Waals surface area (Å²) in [6.07, 6.45) is 1.06. The second kappa shape index (κ2) is 6.11. The monoisotopic (exact) mass is 299 g/mol. The van der Waals surface area contributed by atoms with E-state index in [1.54, 1.807) is 38.2 Å². The maximum absolute atomic E-state index is 12.6. The average Bonchev–Trinajstić information content (AvgIpc) is 2.47. The van der Waals surface area contributed by atoms with Crippen molar-refractivity contribution in [1.82, 2.24) is 4.31 Å². The topological polar surface area (TPSA) is 66.8 Å². The fourth-order valence-electron chi connectivity index (χ4n) is 2.47. The number of rotatable bonds is 4. The lowest BCUT2D eigenvalue weighted by Gasteiger charge is -2.31. The average molecular weight is 299 g/mol. The van der Waals surface area contributed by atoms with Crippen molar-refractivity contribution in [2.75, 3.05) is 20.3 Å². The molecule has 20 heavy (non-hydrogen) atoms. The molecule has 1 aliphatic rings. The highest BCUT2D eigenvalue weighted by atomic mass is 32.2. The third-order valence-corrected chi connectivity index (χ3v) is 6.36. The number of aromatic hydroxyl groups is 1. The van der Waals surface area contributed by atoms with Crippen molar-refractivity contribution in [3.8, 4) is 5.75 Å². The van der Waals surface area contributed by atoms with E-state index in [4.69, 9.17) is 4.74 Å². The van der Waals surface area contributed by atoms with Gasteiger partial charge in [-0.15, -0.1) is 0 Å². The van der Waals surface area contributed by atoms with E-state index in [1.165, 1.54) is 4.31 Å². The SMILES string of the molecule is CC(c1ccccc1O)N(C)S(=O)(=O)C1CCOCC1. The molecule has 5 nitrogen and oxygen atoms in total. The molecule has 0 aliphatic carbocycles. The molecular weight excluding hydrogens is 278 g/mol. The summed E-state index contributed by atoms with van der Waals surface area (Å²) in [4.78, 5) is 0. The van der Waals surface area contributed by atoms with Gasteiger partial charge >= 0.3 is 0 Å². The molecule has 0 saturated carbocycles. The first-order valence-electron chi connectivity index (χ1n) is 6.77. The van der Waals surface area contributed by atoms with Crippen molar-refractivity contribution < 1.29 is 18.3 Å². The summed E-state index contributed by atoms with van der Waals surface area (Å²) >= 11 is 0. The number of para-hydroxylation sites is 1. The standard InChI is InChI=1S/C14H21NO4S/c1-11(13-5-3-4-6-14(13)16)15(2)20(17,18)12-7-9-19-10-8-12/h3-6,11-12,16H,7-10H2,1-2H3.